The molecule has 1 saturated heterocycles. The smallest absolute Gasteiger partial charge is 0.246 e. The van der Waals surface area contributed by atoms with Crippen LogP contribution >= 0.6 is 0 Å². The number of hydrogen-bond acceptors (Lipinski definition) is 5. The molecule has 3 fully saturated rings. The molecule has 200 valence electrons. The van der Waals surface area contributed by atoms with Crippen LogP contribution in [0.5, 0.6) is 11.5 Å². The van der Waals surface area contributed by atoms with Crippen molar-refractivity contribution in [1.82, 2.24) is 9.80 Å². The summed E-state index contributed by atoms with van der Waals surface area (Å²) in [6, 6.07) is 13.0. The maximum Gasteiger partial charge on any atom is 0.246 e. The molecule has 2 aromatic rings. The second-order valence-corrected chi connectivity index (χ2v) is 12.2. The number of hydrogen-bond donors (Lipinski definition) is 1. The largest absolute Gasteiger partial charge is 0.493 e. The summed E-state index contributed by atoms with van der Waals surface area (Å²) < 4.78 is 12.7. The lowest BCUT2D eigenvalue weighted by atomic mass is 9.51. The van der Waals surface area contributed by atoms with Gasteiger partial charge in [-0.3, -0.25) is 9.69 Å². The molecule has 7 rings (SSSR count). The molecule has 2 saturated carbocycles. The predicted octanol–water partition coefficient (Wildman–Crippen LogP) is 3.96. The number of nitrogens with zero attached hydrogens (tertiary/aromatic N) is 2. The number of benzene rings is 2. The Morgan fingerprint density at radius 3 is 2.89 bits per heavy atom. The molecule has 2 unspecified atom stereocenters. The van der Waals surface area contributed by atoms with E-state index in [1.54, 1.807) is 13.2 Å². The Morgan fingerprint density at radius 1 is 1.29 bits per heavy atom. The van der Waals surface area contributed by atoms with E-state index in [1.807, 2.05) is 30.2 Å². The fourth-order valence-electron chi connectivity index (χ4n) is 8.32. The number of aryl methyl sites for hydroxylation is 1. The second-order valence-electron chi connectivity index (χ2n) is 12.2. The minimum Gasteiger partial charge on any atom is -0.493 e. The van der Waals surface area contributed by atoms with Crippen molar-refractivity contribution < 1.29 is 19.4 Å². The van der Waals surface area contributed by atoms with E-state index in [4.69, 9.17) is 9.47 Å². The maximum absolute atomic E-state index is 13.5. The van der Waals surface area contributed by atoms with Crippen LogP contribution in [0.4, 0.5) is 0 Å². The minimum absolute atomic E-state index is 0.00131. The van der Waals surface area contributed by atoms with Gasteiger partial charge in [0.15, 0.2) is 11.5 Å². The number of aliphatic hydroxyl groups is 1. The zero-order valence-electron chi connectivity index (χ0n) is 22.6. The lowest BCUT2D eigenvalue weighted by molar-refractivity contribution is -0.135. The average Bonchev–Trinajstić information content (AvgIpc) is 3.50. The highest BCUT2D eigenvalue weighted by molar-refractivity contribution is 5.92. The molecule has 38 heavy (non-hydrogen) atoms. The van der Waals surface area contributed by atoms with Crippen LogP contribution in [0.1, 0.15) is 47.9 Å². The molecule has 2 aromatic carbocycles. The molecule has 1 amide bonds. The van der Waals surface area contributed by atoms with Gasteiger partial charge in [-0.2, -0.15) is 0 Å². The van der Waals surface area contributed by atoms with Crippen LogP contribution in [-0.4, -0.2) is 72.4 Å². The third-order valence-electron chi connectivity index (χ3n) is 10.3. The Kier molecular flexibility index (Phi) is 5.64. The zero-order valence-corrected chi connectivity index (χ0v) is 22.6. The van der Waals surface area contributed by atoms with Gasteiger partial charge in [0.25, 0.3) is 0 Å². The molecule has 1 N–H and O–H groups in total. The molecule has 2 aliphatic heterocycles. The zero-order chi connectivity index (χ0) is 26.2. The first-order chi connectivity index (χ1) is 18.4. The number of ether oxygens (including phenoxy) is 2. The van der Waals surface area contributed by atoms with Crippen LogP contribution in [0.3, 0.4) is 0 Å². The van der Waals surface area contributed by atoms with Crippen molar-refractivity contribution in [2.24, 2.45) is 11.8 Å². The van der Waals surface area contributed by atoms with Crippen molar-refractivity contribution >= 4 is 12.0 Å². The molecular formula is C32H38N2O4. The number of carbonyl (C=O) groups is 1. The van der Waals surface area contributed by atoms with Crippen LogP contribution in [0, 0.1) is 18.8 Å². The van der Waals surface area contributed by atoms with E-state index in [-0.39, 0.29) is 29.6 Å². The van der Waals surface area contributed by atoms with Crippen molar-refractivity contribution in [2.45, 2.75) is 68.7 Å². The molecule has 0 aromatic heterocycles. The Labute approximate surface area is 225 Å². The third kappa shape index (κ3) is 3.56. The molecule has 2 bridgehead atoms. The summed E-state index contributed by atoms with van der Waals surface area (Å²) in [6.07, 6.45) is 8.42. The molecule has 5 aliphatic rings. The highest BCUT2D eigenvalue weighted by Crippen LogP contribution is 2.64. The molecule has 2 heterocycles. The summed E-state index contributed by atoms with van der Waals surface area (Å²) >= 11 is 0. The molecular weight excluding hydrogens is 476 g/mol. The number of piperidine rings is 1. The van der Waals surface area contributed by atoms with Crippen molar-refractivity contribution in [3.63, 3.8) is 0 Å². The van der Waals surface area contributed by atoms with Gasteiger partial charge in [0.1, 0.15) is 6.10 Å². The topological polar surface area (TPSA) is 62.2 Å². The van der Waals surface area contributed by atoms with Gasteiger partial charge in [0.05, 0.1) is 19.3 Å². The fourth-order valence-corrected chi connectivity index (χ4v) is 8.32. The van der Waals surface area contributed by atoms with E-state index in [0.717, 1.165) is 62.3 Å². The van der Waals surface area contributed by atoms with Crippen LogP contribution in [0.15, 0.2) is 42.5 Å². The first-order valence-corrected chi connectivity index (χ1v) is 14.2. The molecule has 7 atom stereocenters. The number of aliphatic hydroxyl groups excluding tert-OH is 1. The summed E-state index contributed by atoms with van der Waals surface area (Å²) in [5.74, 6) is 2.65. The SMILES string of the molecule is COc1ccc2c3c1O[C@H]1[C@@H](N(C)C(=O)C=Cc4cccc(C)c4)CC[C@H]4[C@@H](C2)N(CC2CC2O)CC[C@@]341. The van der Waals surface area contributed by atoms with E-state index in [9.17, 15) is 9.90 Å². The summed E-state index contributed by atoms with van der Waals surface area (Å²) in [4.78, 5) is 18.0. The normalized spacial score (nSPS) is 34.5. The molecule has 0 radical (unpaired) electrons. The van der Waals surface area contributed by atoms with E-state index in [0.29, 0.717) is 17.9 Å². The highest BCUT2D eigenvalue weighted by atomic mass is 16.5. The van der Waals surface area contributed by atoms with Crippen LogP contribution < -0.4 is 9.47 Å². The number of carbonyl (C=O) groups excluding carboxylic acids is 1. The van der Waals surface area contributed by atoms with Gasteiger partial charge in [-0.1, -0.05) is 35.9 Å². The number of likely N-dealkylation sites (tertiary alicyclic amines) is 1. The third-order valence-corrected chi connectivity index (χ3v) is 10.3. The number of amides is 1. The minimum atomic E-state index is -0.122. The van der Waals surface area contributed by atoms with E-state index in [1.165, 1.54) is 16.7 Å². The Morgan fingerprint density at radius 2 is 2.13 bits per heavy atom. The number of methoxy groups -OCH3 is 1. The Hall–Kier alpha value is -2.83. The summed E-state index contributed by atoms with van der Waals surface area (Å²) in [7, 11) is 3.66. The Bertz CT molecular complexity index is 1310. The number of rotatable bonds is 6. The maximum atomic E-state index is 13.5. The lowest BCUT2D eigenvalue weighted by Crippen LogP contribution is -2.69. The monoisotopic (exact) mass is 514 g/mol. The number of likely N-dealkylation sites (N-methyl/N-ethyl adjacent to an activating group) is 1. The van der Waals surface area contributed by atoms with Crippen LogP contribution in [-0.2, 0) is 16.6 Å². The molecule has 3 aliphatic carbocycles. The van der Waals surface area contributed by atoms with Crippen LogP contribution in [0.25, 0.3) is 6.08 Å². The second kappa shape index (κ2) is 8.85. The van der Waals surface area contributed by atoms with Crippen molar-refractivity contribution in [2.75, 3.05) is 27.2 Å². The first-order valence-electron chi connectivity index (χ1n) is 14.2. The van der Waals surface area contributed by atoms with Gasteiger partial charge in [-0.15, -0.1) is 0 Å². The van der Waals surface area contributed by atoms with Gasteiger partial charge in [-0.05, 0) is 74.8 Å². The van der Waals surface area contributed by atoms with E-state index in [2.05, 4.69) is 36.1 Å². The fraction of sp³-hybridized carbons (Fsp3) is 0.531. The van der Waals surface area contributed by atoms with Gasteiger partial charge in [-0.25, -0.2) is 0 Å². The highest BCUT2D eigenvalue weighted by Gasteiger charge is 2.66. The van der Waals surface area contributed by atoms with Crippen molar-refractivity contribution in [3.05, 3.63) is 64.7 Å². The molecule has 6 heteroatoms. The van der Waals surface area contributed by atoms with E-state index >= 15 is 0 Å². The summed E-state index contributed by atoms with van der Waals surface area (Å²) in [5, 5.41) is 10.1. The summed E-state index contributed by atoms with van der Waals surface area (Å²) in [6.45, 7) is 4.07. The Balaban J connectivity index is 1.22. The van der Waals surface area contributed by atoms with Crippen molar-refractivity contribution in [1.29, 1.82) is 0 Å². The molecule has 1 spiro atoms. The van der Waals surface area contributed by atoms with E-state index < -0.39 is 0 Å². The first kappa shape index (κ1) is 24.2. The predicted molar refractivity (Wildman–Crippen MR) is 146 cm³/mol. The lowest BCUT2D eigenvalue weighted by Gasteiger charge is -2.60. The van der Waals surface area contributed by atoms with Crippen LogP contribution in [0.2, 0.25) is 0 Å². The quantitative estimate of drug-likeness (QED) is 0.592. The standard InChI is InChI=1S/C32H38N2O4/c1-19-5-4-6-20(15-19)7-12-28(36)33(2)24-10-9-23-25-16-21-8-11-27(37-3)30-29(21)32(23,31(24)38-30)13-14-34(25)18-22-17-26(22)35/h4-8,11-12,15,22-26,31,35H,9-10,13-14,16-18H2,1-3H3/t22?,23-,24-,25+,26?,31-,32-/m0/s1. The van der Waals surface area contributed by atoms with Gasteiger partial charge in [0.2, 0.25) is 5.91 Å². The van der Waals surface area contributed by atoms with Gasteiger partial charge < -0.3 is 19.5 Å². The molecule has 6 nitrogen and oxygen atoms in total. The summed E-state index contributed by atoms with van der Waals surface area (Å²) in [5.41, 5.74) is 4.85. The van der Waals surface area contributed by atoms with Crippen molar-refractivity contribution in [3.8, 4) is 11.5 Å². The average molecular weight is 515 g/mol. The van der Waals surface area contributed by atoms with Gasteiger partial charge >= 0.3 is 0 Å². The van der Waals surface area contributed by atoms with Gasteiger partial charge in [0, 0.05) is 42.6 Å².